The van der Waals surface area contributed by atoms with Gasteiger partial charge in [0, 0.05) is 36.9 Å². The van der Waals surface area contributed by atoms with Gasteiger partial charge in [0.2, 0.25) is 0 Å². The summed E-state index contributed by atoms with van der Waals surface area (Å²) >= 11 is 0. The van der Waals surface area contributed by atoms with Gasteiger partial charge in [-0.15, -0.1) is 0 Å². The van der Waals surface area contributed by atoms with Gasteiger partial charge in [0.1, 0.15) is 5.82 Å². The normalized spacial score (nSPS) is 23.6. The number of hydrogen-bond acceptors (Lipinski definition) is 4. The Balaban J connectivity index is 1.50. The zero-order valence-corrected chi connectivity index (χ0v) is 21.5. The summed E-state index contributed by atoms with van der Waals surface area (Å²) in [5.74, 6) is 0.0920. The standard InChI is InChI=1S/C29H37FN4O2/c1-20(2)33(21(3)19-35)12-13-34(28(36)32-26-9-5-8-25(30)16-26)27-10-11-29(17-24(29)15-27)23-7-4-6-22(14-23)18-31/h4-9,14,16,20-21,24,27,35H,10-13,15,17,19H2,1-3H3,(H,32,36)/t21-,24?,27+,29+/m0/s1. The van der Waals surface area contributed by atoms with E-state index in [9.17, 15) is 19.6 Å². The second kappa shape index (κ2) is 11.0. The van der Waals surface area contributed by atoms with E-state index in [1.54, 1.807) is 12.1 Å². The maximum absolute atomic E-state index is 13.7. The highest BCUT2D eigenvalue weighted by Crippen LogP contribution is 2.62. The van der Waals surface area contributed by atoms with Crippen LogP contribution in [0.15, 0.2) is 48.5 Å². The number of hydrogen-bond donors (Lipinski definition) is 2. The van der Waals surface area contributed by atoms with E-state index in [4.69, 9.17) is 0 Å². The van der Waals surface area contributed by atoms with Gasteiger partial charge >= 0.3 is 6.03 Å². The lowest BCUT2D eigenvalue weighted by atomic mass is 9.80. The number of nitrogens with one attached hydrogen (secondary N) is 1. The van der Waals surface area contributed by atoms with E-state index in [-0.39, 0.29) is 42.0 Å². The van der Waals surface area contributed by atoms with Crippen LogP contribution in [0.4, 0.5) is 14.9 Å². The van der Waals surface area contributed by atoms with Crippen molar-refractivity contribution in [3.63, 3.8) is 0 Å². The summed E-state index contributed by atoms with van der Waals surface area (Å²) in [5, 5.41) is 22.0. The summed E-state index contributed by atoms with van der Waals surface area (Å²) in [6.45, 7) is 7.41. The smallest absolute Gasteiger partial charge is 0.322 e. The topological polar surface area (TPSA) is 79.6 Å². The Hall–Kier alpha value is -2.95. The molecule has 0 aliphatic heterocycles. The summed E-state index contributed by atoms with van der Waals surface area (Å²) in [6, 6.07) is 16.3. The van der Waals surface area contributed by atoms with E-state index in [2.05, 4.69) is 36.2 Å². The number of carbonyl (C=O) groups excluding carboxylic acids is 1. The first-order valence-corrected chi connectivity index (χ1v) is 13.0. The van der Waals surface area contributed by atoms with E-state index in [1.165, 1.54) is 17.7 Å². The van der Waals surface area contributed by atoms with E-state index >= 15 is 0 Å². The molecule has 2 saturated carbocycles. The summed E-state index contributed by atoms with van der Waals surface area (Å²) < 4.78 is 13.7. The molecule has 0 bridgehead atoms. The van der Waals surface area contributed by atoms with Crippen molar-refractivity contribution >= 4 is 11.7 Å². The molecule has 2 N–H and O–H groups in total. The van der Waals surface area contributed by atoms with Crippen LogP contribution in [-0.4, -0.2) is 58.8 Å². The fourth-order valence-corrected chi connectivity index (χ4v) is 6.07. The third-order valence-electron chi connectivity index (χ3n) is 8.15. The highest BCUT2D eigenvalue weighted by atomic mass is 19.1. The molecule has 36 heavy (non-hydrogen) atoms. The number of aliphatic hydroxyl groups excluding tert-OH is 1. The van der Waals surface area contributed by atoms with Gasteiger partial charge in [0.15, 0.2) is 0 Å². The lowest BCUT2D eigenvalue weighted by Crippen LogP contribution is -2.51. The van der Waals surface area contributed by atoms with Crippen molar-refractivity contribution in [1.82, 2.24) is 9.80 Å². The minimum Gasteiger partial charge on any atom is -0.395 e. The van der Waals surface area contributed by atoms with Gasteiger partial charge in [-0.25, -0.2) is 9.18 Å². The first-order chi connectivity index (χ1) is 17.3. The fraction of sp³-hybridized carbons (Fsp3) is 0.517. The van der Waals surface area contributed by atoms with Crippen LogP contribution >= 0.6 is 0 Å². The van der Waals surface area contributed by atoms with Crippen LogP contribution in [0.2, 0.25) is 0 Å². The van der Waals surface area contributed by atoms with Gasteiger partial charge in [0.05, 0.1) is 18.2 Å². The Kier molecular flexibility index (Phi) is 7.97. The molecule has 0 heterocycles. The van der Waals surface area contributed by atoms with Gasteiger partial charge < -0.3 is 15.3 Å². The van der Waals surface area contributed by atoms with Crippen molar-refractivity contribution in [2.24, 2.45) is 5.92 Å². The second-order valence-electron chi connectivity index (χ2n) is 10.7. The average molecular weight is 493 g/mol. The van der Waals surface area contributed by atoms with E-state index in [0.717, 1.165) is 25.7 Å². The number of anilines is 1. The van der Waals surface area contributed by atoms with E-state index < -0.39 is 0 Å². The van der Waals surface area contributed by atoms with Crippen molar-refractivity contribution in [3.8, 4) is 6.07 Å². The molecule has 0 saturated heterocycles. The SMILES string of the molecule is CC(C)N(CCN(C(=O)Nc1cccc(F)c1)[C@@H]1CC[C@]2(c3cccc(C#N)c3)CC2C1)[C@@H](C)CO. The van der Waals surface area contributed by atoms with Crippen LogP contribution in [0.5, 0.6) is 0 Å². The molecule has 0 spiro atoms. The van der Waals surface area contributed by atoms with E-state index in [0.29, 0.717) is 30.3 Å². The molecule has 0 aromatic heterocycles. The van der Waals surface area contributed by atoms with Gasteiger partial charge in [-0.05, 0) is 93.7 Å². The Morgan fingerprint density at radius 1 is 1.22 bits per heavy atom. The number of halogens is 1. The molecule has 192 valence electrons. The van der Waals surface area contributed by atoms with Gasteiger partial charge in [-0.1, -0.05) is 18.2 Å². The molecule has 2 aromatic rings. The molecule has 2 aromatic carbocycles. The molecular formula is C29H37FN4O2. The maximum atomic E-state index is 13.7. The Morgan fingerprint density at radius 2 is 2.00 bits per heavy atom. The van der Waals surface area contributed by atoms with E-state index in [1.807, 2.05) is 30.0 Å². The molecule has 2 amide bonds. The van der Waals surface area contributed by atoms with Crippen LogP contribution in [0.1, 0.15) is 57.6 Å². The molecule has 0 radical (unpaired) electrons. The number of aliphatic hydroxyl groups is 1. The first kappa shape index (κ1) is 26.1. The van der Waals surface area contributed by atoms with Gasteiger partial charge in [0.25, 0.3) is 0 Å². The quantitative estimate of drug-likeness (QED) is 0.508. The predicted molar refractivity (Wildman–Crippen MR) is 139 cm³/mol. The van der Waals surface area contributed by atoms with Crippen molar-refractivity contribution in [2.45, 2.75) is 70.0 Å². The van der Waals surface area contributed by atoms with Crippen LogP contribution in [-0.2, 0) is 5.41 Å². The zero-order chi connectivity index (χ0) is 25.9. The monoisotopic (exact) mass is 492 g/mol. The largest absolute Gasteiger partial charge is 0.395 e. The van der Waals surface area contributed by atoms with Crippen molar-refractivity contribution in [2.75, 3.05) is 25.0 Å². The molecule has 4 atom stereocenters. The number of urea groups is 1. The first-order valence-electron chi connectivity index (χ1n) is 13.0. The summed E-state index contributed by atoms with van der Waals surface area (Å²) in [7, 11) is 0. The number of rotatable bonds is 9. The summed E-state index contributed by atoms with van der Waals surface area (Å²) in [6.07, 6.45) is 3.84. The third-order valence-corrected chi connectivity index (χ3v) is 8.15. The molecule has 4 rings (SSSR count). The lowest BCUT2D eigenvalue weighted by Gasteiger charge is -2.39. The zero-order valence-electron chi connectivity index (χ0n) is 21.5. The second-order valence-corrected chi connectivity index (χ2v) is 10.7. The third kappa shape index (κ3) is 5.55. The fourth-order valence-electron chi connectivity index (χ4n) is 6.07. The molecule has 2 aliphatic rings. The van der Waals surface area contributed by atoms with Crippen molar-refractivity contribution in [1.29, 1.82) is 5.26 Å². The summed E-state index contributed by atoms with van der Waals surface area (Å²) in [5.41, 5.74) is 2.49. The minimum atomic E-state index is -0.387. The van der Waals surface area contributed by atoms with Crippen LogP contribution in [0.3, 0.4) is 0 Å². The maximum Gasteiger partial charge on any atom is 0.322 e. The molecular weight excluding hydrogens is 455 g/mol. The van der Waals surface area contributed by atoms with Crippen LogP contribution in [0.25, 0.3) is 0 Å². The van der Waals surface area contributed by atoms with Crippen molar-refractivity contribution in [3.05, 3.63) is 65.5 Å². The Labute approximate surface area is 213 Å². The molecule has 2 fully saturated rings. The molecule has 7 heteroatoms. The predicted octanol–water partition coefficient (Wildman–Crippen LogP) is 5.13. The summed E-state index contributed by atoms with van der Waals surface area (Å²) in [4.78, 5) is 17.6. The minimum absolute atomic E-state index is 0.00650. The van der Waals surface area contributed by atoms with Crippen molar-refractivity contribution < 1.29 is 14.3 Å². The molecule has 2 aliphatic carbocycles. The Bertz CT molecular complexity index is 1120. The molecule has 6 nitrogen and oxygen atoms in total. The van der Waals surface area contributed by atoms with Crippen LogP contribution < -0.4 is 5.32 Å². The van der Waals surface area contributed by atoms with Gasteiger partial charge in [-0.2, -0.15) is 5.26 Å². The number of amides is 2. The number of nitriles is 1. The number of carbonyl (C=O) groups is 1. The van der Waals surface area contributed by atoms with Crippen LogP contribution in [0, 0.1) is 23.1 Å². The van der Waals surface area contributed by atoms with Gasteiger partial charge in [-0.3, -0.25) is 4.90 Å². The number of nitrogens with zero attached hydrogens (tertiary/aromatic N) is 3. The lowest BCUT2D eigenvalue weighted by molar-refractivity contribution is 0.0861. The Morgan fingerprint density at radius 3 is 2.67 bits per heavy atom. The number of fused-ring (bicyclic) bond motifs is 1. The number of benzene rings is 2. The molecule has 1 unspecified atom stereocenters. The highest BCUT2D eigenvalue weighted by Gasteiger charge is 2.58. The highest BCUT2D eigenvalue weighted by molar-refractivity contribution is 5.89. The average Bonchev–Trinajstić information content (AvgIpc) is 3.61.